The maximum atomic E-state index is 11.7. The zero-order chi connectivity index (χ0) is 15.6. The molecule has 21 heavy (non-hydrogen) atoms. The molecule has 0 fully saturated rings. The van der Waals surface area contributed by atoms with E-state index in [1.807, 2.05) is 13.0 Å². The molecule has 0 radical (unpaired) electrons. The van der Waals surface area contributed by atoms with Gasteiger partial charge in [-0.15, -0.1) is 0 Å². The molecule has 4 heteroatoms. The highest BCUT2D eigenvalue weighted by atomic mass is 16.5. The van der Waals surface area contributed by atoms with Gasteiger partial charge in [-0.05, 0) is 30.5 Å². The van der Waals surface area contributed by atoms with Crippen molar-refractivity contribution < 1.29 is 14.6 Å². The molecule has 2 atom stereocenters. The lowest BCUT2D eigenvalue weighted by Crippen LogP contribution is -2.32. The first kappa shape index (κ1) is 15.8. The molecule has 4 nitrogen and oxygen atoms in total. The number of nitrogens with one attached hydrogen (secondary N) is 1. The van der Waals surface area contributed by atoms with E-state index in [2.05, 4.69) is 25.2 Å². The third-order valence-corrected chi connectivity index (χ3v) is 3.97. The molecule has 116 valence electrons. The first-order valence-electron chi connectivity index (χ1n) is 7.72. The Bertz CT molecular complexity index is 523. The van der Waals surface area contributed by atoms with Crippen molar-refractivity contribution >= 4 is 5.91 Å². The van der Waals surface area contributed by atoms with Gasteiger partial charge in [-0.25, -0.2) is 0 Å². The zero-order valence-corrected chi connectivity index (χ0v) is 13.3. The van der Waals surface area contributed by atoms with E-state index in [0.717, 1.165) is 28.9 Å². The number of carbonyl (C=O) groups excluding carboxylic acids is 1. The topological polar surface area (TPSA) is 58.6 Å². The molecular weight excluding hydrogens is 266 g/mol. The van der Waals surface area contributed by atoms with Gasteiger partial charge >= 0.3 is 0 Å². The molecule has 0 spiro atoms. The second-order valence-corrected chi connectivity index (χ2v) is 5.97. The number of rotatable bonds is 4. The summed E-state index contributed by atoms with van der Waals surface area (Å²) in [5.74, 6) is 1.14. The van der Waals surface area contributed by atoms with E-state index in [4.69, 9.17) is 4.74 Å². The van der Waals surface area contributed by atoms with E-state index >= 15 is 0 Å². The van der Waals surface area contributed by atoms with Crippen molar-refractivity contribution in [3.63, 3.8) is 0 Å². The minimum Gasteiger partial charge on any atom is -0.493 e. The molecule has 1 amide bonds. The van der Waals surface area contributed by atoms with Crippen molar-refractivity contribution in [3.8, 4) is 5.75 Å². The smallest absolute Gasteiger partial charge is 0.220 e. The lowest BCUT2D eigenvalue weighted by atomic mass is 9.90. The van der Waals surface area contributed by atoms with E-state index < -0.39 is 6.10 Å². The fourth-order valence-electron chi connectivity index (χ4n) is 2.65. The quantitative estimate of drug-likeness (QED) is 0.895. The Labute approximate surface area is 126 Å². The normalized spacial score (nSPS) is 18.9. The zero-order valence-electron chi connectivity index (χ0n) is 13.3. The highest BCUT2D eigenvalue weighted by Crippen LogP contribution is 2.40. The van der Waals surface area contributed by atoms with Gasteiger partial charge in [0.05, 0.1) is 18.8 Å². The summed E-state index contributed by atoms with van der Waals surface area (Å²) in [5, 5.41) is 13.1. The summed E-state index contributed by atoms with van der Waals surface area (Å²) in [7, 11) is 0. The van der Waals surface area contributed by atoms with Crippen molar-refractivity contribution in [1.82, 2.24) is 5.32 Å². The number of aliphatic hydroxyl groups is 1. The highest BCUT2D eigenvalue weighted by Gasteiger charge is 2.27. The predicted molar refractivity (Wildman–Crippen MR) is 82.5 cm³/mol. The van der Waals surface area contributed by atoms with Gasteiger partial charge in [0, 0.05) is 24.0 Å². The van der Waals surface area contributed by atoms with E-state index in [-0.39, 0.29) is 11.9 Å². The molecular formula is C17H25NO3. The SMILES string of the molecule is CCC(=O)NC1CCOc2c(C(C)O)cc(C(C)C)cc21. The number of ether oxygens (including phenoxy) is 1. The summed E-state index contributed by atoms with van der Waals surface area (Å²) in [6.07, 6.45) is 0.650. The predicted octanol–water partition coefficient (Wildman–Crippen LogP) is 3.21. The standard InChI is InChI=1S/C17H25NO3/c1-5-16(20)18-15-6-7-21-17-13(11(4)19)8-12(10(2)3)9-14(15)17/h8-11,15,19H,5-7H2,1-4H3,(H,18,20). The fraction of sp³-hybridized carbons (Fsp3) is 0.588. The summed E-state index contributed by atoms with van der Waals surface area (Å²) in [6, 6.07) is 4.08. The van der Waals surface area contributed by atoms with Crippen molar-refractivity contribution in [1.29, 1.82) is 0 Å². The van der Waals surface area contributed by atoms with Crippen molar-refractivity contribution in [2.75, 3.05) is 6.61 Å². The fourth-order valence-corrected chi connectivity index (χ4v) is 2.65. The number of fused-ring (bicyclic) bond motifs is 1. The van der Waals surface area contributed by atoms with Crippen molar-refractivity contribution in [2.45, 2.75) is 58.6 Å². The summed E-state index contributed by atoms with van der Waals surface area (Å²) < 4.78 is 5.78. The van der Waals surface area contributed by atoms with Gasteiger partial charge in [-0.1, -0.05) is 20.8 Å². The number of hydrogen-bond acceptors (Lipinski definition) is 3. The molecule has 0 saturated heterocycles. The minimum atomic E-state index is -0.585. The molecule has 2 unspecified atom stereocenters. The molecule has 0 bridgehead atoms. The Balaban J connectivity index is 2.48. The largest absolute Gasteiger partial charge is 0.493 e. The van der Waals surface area contributed by atoms with Crippen LogP contribution in [0.25, 0.3) is 0 Å². The van der Waals surface area contributed by atoms with Crippen LogP contribution in [-0.2, 0) is 4.79 Å². The van der Waals surface area contributed by atoms with E-state index in [9.17, 15) is 9.90 Å². The molecule has 0 saturated carbocycles. The summed E-state index contributed by atoms with van der Waals surface area (Å²) in [6.45, 7) is 8.40. The molecule has 2 N–H and O–H groups in total. The molecule has 1 aliphatic heterocycles. The summed E-state index contributed by atoms with van der Waals surface area (Å²) >= 11 is 0. The second-order valence-electron chi connectivity index (χ2n) is 5.97. The van der Waals surface area contributed by atoms with Gasteiger partial charge in [0.2, 0.25) is 5.91 Å². The Morgan fingerprint density at radius 2 is 2.14 bits per heavy atom. The van der Waals surface area contributed by atoms with Gasteiger partial charge in [-0.3, -0.25) is 4.79 Å². The molecule has 2 rings (SSSR count). The second kappa shape index (κ2) is 6.48. The van der Waals surface area contributed by atoms with E-state index in [0.29, 0.717) is 18.9 Å². The molecule has 0 aliphatic carbocycles. The molecule has 1 heterocycles. The lowest BCUT2D eigenvalue weighted by Gasteiger charge is -2.30. The number of hydrogen-bond donors (Lipinski definition) is 2. The summed E-state index contributed by atoms with van der Waals surface area (Å²) in [5.41, 5.74) is 2.96. The van der Waals surface area contributed by atoms with Gasteiger partial charge in [0.15, 0.2) is 0 Å². The first-order valence-corrected chi connectivity index (χ1v) is 7.72. The van der Waals surface area contributed by atoms with Gasteiger partial charge in [0.1, 0.15) is 5.75 Å². The molecule has 1 aromatic carbocycles. The van der Waals surface area contributed by atoms with Gasteiger partial charge in [0.25, 0.3) is 0 Å². The Morgan fingerprint density at radius 3 is 2.71 bits per heavy atom. The number of aliphatic hydroxyl groups excluding tert-OH is 1. The van der Waals surface area contributed by atoms with Crippen LogP contribution >= 0.6 is 0 Å². The van der Waals surface area contributed by atoms with Crippen LogP contribution in [0.1, 0.15) is 75.3 Å². The summed E-state index contributed by atoms with van der Waals surface area (Å²) in [4.78, 5) is 11.7. The Hall–Kier alpha value is -1.55. The highest BCUT2D eigenvalue weighted by molar-refractivity contribution is 5.76. The van der Waals surface area contributed by atoms with Crippen LogP contribution in [0.2, 0.25) is 0 Å². The van der Waals surface area contributed by atoms with Crippen LogP contribution in [0.5, 0.6) is 5.75 Å². The molecule has 0 aromatic heterocycles. The van der Waals surface area contributed by atoms with Crippen LogP contribution in [-0.4, -0.2) is 17.6 Å². The van der Waals surface area contributed by atoms with Gasteiger partial charge in [-0.2, -0.15) is 0 Å². The lowest BCUT2D eigenvalue weighted by molar-refractivity contribution is -0.121. The molecule has 1 aromatic rings. The Kier molecular flexibility index (Phi) is 4.88. The monoisotopic (exact) mass is 291 g/mol. The van der Waals surface area contributed by atoms with E-state index in [1.165, 1.54) is 0 Å². The first-order chi connectivity index (χ1) is 9.93. The number of amides is 1. The third-order valence-electron chi connectivity index (χ3n) is 3.97. The average molecular weight is 291 g/mol. The average Bonchev–Trinajstić information content (AvgIpc) is 2.46. The van der Waals surface area contributed by atoms with Crippen LogP contribution in [0.3, 0.4) is 0 Å². The number of carbonyl (C=O) groups is 1. The van der Waals surface area contributed by atoms with Crippen LogP contribution in [0, 0.1) is 0 Å². The number of benzene rings is 1. The van der Waals surface area contributed by atoms with Gasteiger partial charge < -0.3 is 15.2 Å². The minimum absolute atomic E-state index is 0.0302. The van der Waals surface area contributed by atoms with Crippen molar-refractivity contribution in [3.05, 3.63) is 28.8 Å². The molecule has 1 aliphatic rings. The maximum Gasteiger partial charge on any atom is 0.220 e. The Morgan fingerprint density at radius 1 is 1.43 bits per heavy atom. The van der Waals surface area contributed by atoms with E-state index in [1.54, 1.807) is 6.92 Å². The van der Waals surface area contributed by atoms with Crippen molar-refractivity contribution in [2.24, 2.45) is 0 Å². The van der Waals surface area contributed by atoms with Crippen LogP contribution < -0.4 is 10.1 Å². The third kappa shape index (κ3) is 3.38. The van der Waals surface area contributed by atoms with Crippen LogP contribution in [0.4, 0.5) is 0 Å². The van der Waals surface area contributed by atoms with Crippen LogP contribution in [0.15, 0.2) is 12.1 Å². The maximum absolute atomic E-state index is 11.7.